The van der Waals surface area contributed by atoms with Crippen molar-refractivity contribution in [3.8, 4) is 5.75 Å². The molecule has 0 aliphatic heterocycles. The molecule has 2 nitrogen and oxygen atoms in total. The third kappa shape index (κ3) is 4.74. The van der Waals surface area contributed by atoms with Crippen LogP contribution < -0.4 is 4.74 Å². The molecule has 0 fully saturated rings. The Balaban J connectivity index is 2.17. The van der Waals surface area contributed by atoms with Crippen LogP contribution in [0.1, 0.15) is 34.0 Å². The molecule has 0 aliphatic carbocycles. The fourth-order valence-electron chi connectivity index (χ4n) is 2.11. The Labute approximate surface area is 139 Å². The second-order valence-electron chi connectivity index (χ2n) is 5.24. The van der Waals surface area contributed by atoms with Gasteiger partial charge in [0.25, 0.3) is 0 Å². The Bertz CT molecular complexity index is 760. The smallest absolute Gasteiger partial charge is 0.417 e. The number of ether oxygens (including phenoxy) is 1. The van der Waals surface area contributed by atoms with Crippen LogP contribution >= 0.6 is 0 Å². The molecule has 0 atom stereocenters. The van der Waals surface area contributed by atoms with Crippen LogP contribution in [0, 0.1) is 0 Å². The molecule has 8 heteroatoms. The van der Waals surface area contributed by atoms with Crippen molar-refractivity contribution in [2.75, 3.05) is 0 Å². The van der Waals surface area contributed by atoms with Gasteiger partial charge in [-0.3, -0.25) is 4.79 Å². The number of ketones is 1. The van der Waals surface area contributed by atoms with Crippen molar-refractivity contribution in [3.05, 3.63) is 64.7 Å². The third-order valence-corrected chi connectivity index (χ3v) is 3.36. The lowest BCUT2D eigenvalue weighted by atomic mass is 10.0. The van der Waals surface area contributed by atoms with Crippen LogP contribution in [0.25, 0.3) is 0 Å². The van der Waals surface area contributed by atoms with Crippen LogP contribution in [-0.2, 0) is 19.0 Å². The molecule has 0 spiro atoms. The first-order valence-electron chi connectivity index (χ1n) is 6.99. The summed E-state index contributed by atoms with van der Waals surface area (Å²) in [7, 11) is 0. The molecule has 0 bridgehead atoms. The Kier molecular flexibility index (Phi) is 5.10. The summed E-state index contributed by atoms with van der Waals surface area (Å²) < 4.78 is 81.6. The lowest BCUT2D eigenvalue weighted by Crippen LogP contribution is -2.12. The Morgan fingerprint density at radius 2 is 1.52 bits per heavy atom. The predicted molar refractivity (Wildman–Crippen MR) is 77.2 cm³/mol. The third-order valence-electron chi connectivity index (χ3n) is 3.36. The van der Waals surface area contributed by atoms with Crippen molar-refractivity contribution < 1.29 is 35.9 Å². The van der Waals surface area contributed by atoms with Crippen LogP contribution in [0.2, 0.25) is 0 Å². The second kappa shape index (κ2) is 6.78. The van der Waals surface area contributed by atoms with Crippen molar-refractivity contribution in [3.63, 3.8) is 0 Å². The molecule has 0 aliphatic rings. The molecule has 0 N–H and O–H groups in total. The molecular weight excluding hydrogens is 350 g/mol. The highest BCUT2D eigenvalue weighted by atomic mass is 19.4. The van der Waals surface area contributed by atoms with E-state index in [1.807, 2.05) is 0 Å². The summed E-state index contributed by atoms with van der Waals surface area (Å²) in [6.07, 6.45) is -9.20. The molecule has 0 unspecified atom stereocenters. The van der Waals surface area contributed by atoms with Gasteiger partial charge in [-0.2, -0.15) is 26.3 Å². The van der Waals surface area contributed by atoms with Gasteiger partial charge in [-0.25, -0.2) is 0 Å². The molecular formula is C17H12F6O2. The highest BCUT2D eigenvalue weighted by Gasteiger charge is 2.35. The van der Waals surface area contributed by atoms with E-state index in [-0.39, 0.29) is 12.4 Å². The van der Waals surface area contributed by atoms with Crippen molar-refractivity contribution in [2.45, 2.75) is 25.9 Å². The predicted octanol–water partition coefficient (Wildman–Crippen LogP) is 5.51. The number of carbonyl (C=O) groups is 1. The van der Waals surface area contributed by atoms with E-state index in [2.05, 4.69) is 0 Å². The molecule has 2 aromatic carbocycles. The number of hydrogen-bond donors (Lipinski definition) is 0. The molecule has 2 rings (SSSR count). The van der Waals surface area contributed by atoms with Crippen LogP contribution in [0.5, 0.6) is 5.75 Å². The SMILES string of the molecule is CC(=O)c1ccc(OCc2ccc(C(F)(F)F)cc2)cc1C(F)(F)F. The minimum absolute atomic E-state index is 0.141. The van der Waals surface area contributed by atoms with Gasteiger partial charge in [-0.1, -0.05) is 12.1 Å². The van der Waals surface area contributed by atoms with Crippen molar-refractivity contribution >= 4 is 5.78 Å². The quantitative estimate of drug-likeness (QED) is 0.530. The van der Waals surface area contributed by atoms with E-state index in [1.54, 1.807) is 0 Å². The van der Waals surface area contributed by atoms with E-state index in [0.717, 1.165) is 25.1 Å². The number of carbonyl (C=O) groups excluding carboxylic acids is 1. The van der Waals surface area contributed by atoms with E-state index in [0.29, 0.717) is 11.6 Å². The molecule has 134 valence electrons. The molecule has 0 radical (unpaired) electrons. The average molecular weight is 362 g/mol. The first-order valence-corrected chi connectivity index (χ1v) is 6.99. The van der Waals surface area contributed by atoms with Crippen molar-refractivity contribution in [1.29, 1.82) is 0 Å². The molecule has 25 heavy (non-hydrogen) atoms. The number of hydrogen-bond acceptors (Lipinski definition) is 2. The van der Waals surface area contributed by atoms with E-state index in [4.69, 9.17) is 4.74 Å². The van der Waals surface area contributed by atoms with Crippen molar-refractivity contribution in [2.24, 2.45) is 0 Å². The number of rotatable bonds is 4. The van der Waals surface area contributed by atoms with Gasteiger partial charge in [-0.05, 0) is 42.8 Å². The molecule has 2 aromatic rings. The normalized spacial score (nSPS) is 12.1. The molecule has 0 heterocycles. The van der Waals surface area contributed by atoms with Crippen LogP contribution in [0.15, 0.2) is 42.5 Å². The van der Waals surface area contributed by atoms with Crippen molar-refractivity contribution in [1.82, 2.24) is 0 Å². The summed E-state index contributed by atoms with van der Waals surface area (Å²) in [6.45, 7) is 0.808. The Morgan fingerprint density at radius 3 is 2.00 bits per heavy atom. The molecule has 0 saturated carbocycles. The number of benzene rings is 2. The summed E-state index contributed by atoms with van der Waals surface area (Å²) in [5.41, 5.74) is -2.07. The Morgan fingerprint density at radius 1 is 0.920 bits per heavy atom. The summed E-state index contributed by atoms with van der Waals surface area (Å²) >= 11 is 0. The van der Waals surface area contributed by atoms with E-state index < -0.39 is 34.8 Å². The van der Waals surface area contributed by atoms with Crippen LogP contribution in [-0.4, -0.2) is 5.78 Å². The van der Waals surface area contributed by atoms with Crippen LogP contribution in [0.3, 0.4) is 0 Å². The van der Waals surface area contributed by atoms with Crippen LogP contribution in [0.4, 0.5) is 26.3 Å². The summed E-state index contributed by atoms with van der Waals surface area (Å²) in [5.74, 6) is -0.876. The van der Waals surface area contributed by atoms with E-state index >= 15 is 0 Å². The van der Waals surface area contributed by atoms with Gasteiger partial charge < -0.3 is 4.74 Å². The first kappa shape index (κ1) is 18.8. The zero-order valence-electron chi connectivity index (χ0n) is 12.8. The largest absolute Gasteiger partial charge is 0.489 e. The lowest BCUT2D eigenvalue weighted by Gasteiger charge is -2.14. The van der Waals surface area contributed by atoms with Gasteiger partial charge in [0.15, 0.2) is 5.78 Å². The van der Waals surface area contributed by atoms with E-state index in [1.165, 1.54) is 18.2 Å². The maximum Gasteiger partial charge on any atom is 0.417 e. The topological polar surface area (TPSA) is 26.3 Å². The number of alkyl halides is 6. The fourth-order valence-corrected chi connectivity index (χ4v) is 2.11. The zero-order chi connectivity index (χ0) is 18.8. The monoisotopic (exact) mass is 362 g/mol. The van der Waals surface area contributed by atoms with Gasteiger partial charge in [0, 0.05) is 5.56 Å². The molecule has 0 amide bonds. The van der Waals surface area contributed by atoms with Gasteiger partial charge in [0.1, 0.15) is 12.4 Å². The lowest BCUT2D eigenvalue weighted by molar-refractivity contribution is -0.138. The Hall–Kier alpha value is -2.51. The second-order valence-corrected chi connectivity index (χ2v) is 5.24. The van der Waals surface area contributed by atoms with Gasteiger partial charge in [0.05, 0.1) is 11.1 Å². The summed E-state index contributed by atoms with van der Waals surface area (Å²) in [5, 5.41) is 0. The van der Waals surface area contributed by atoms with Gasteiger partial charge in [0.2, 0.25) is 0 Å². The standard InChI is InChI=1S/C17H12F6O2/c1-10(24)14-7-6-13(8-15(14)17(21,22)23)25-9-11-2-4-12(5-3-11)16(18,19)20/h2-8H,9H2,1H3. The highest BCUT2D eigenvalue weighted by Crippen LogP contribution is 2.35. The summed E-state index contributed by atoms with van der Waals surface area (Å²) in [4.78, 5) is 11.3. The minimum atomic E-state index is -4.73. The molecule has 0 saturated heterocycles. The first-order chi connectivity index (χ1) is 11.5. The maximum absolute atomic E-state index is 13.0. The average Bonchev–Trinajstić information content (AvgIpc) is 2.51. The zero-order valence-corrected chi connectivity index (χ0v) is 12.8. The number of halogens is 6. The summed E-state index contributed by atoms with van der Waals surface area (Å²) in [6, 6.07) is 6.98. The van der Waals surface area contributed by atoms with E-state index in [9.17, 15) is 31.1 Å². The highest BCUT2D eigenvalue weighted by molar-refractivity contribution is 5.95. The van der Waals surface area contributed by atoms with Gasteiger partial charge in [-0.15, -0.1) is 0 Å². The maximum atomic E-state index is 13.0. The fraction of sp³-hybridized carbons (Fsp3) is 0.235. The minimum Gasteiger partial charge on any atom is -0.489 e. The number of Topliss-reactive ketones (excluding diaryl/α,β-unsaturated/α-hetero) is 1. The van der Waals surface area contributed by atoms with Gasteiger partial charge >= 0.3 is 12.4 Å². The molecule has 0 aromatic heterocycles.